The SMILES string of the molecule is CO[C@@H](C)Cn1c(/C=C/C(=O)O)cnc1CN1CCC(c2cccc3c2O[C@@](C)(c2ccc(Cl)cc2F)O3)CC1. The molecule has 3 heterocycles. The Hall–Kier alpha value is -3.40. The molecule has 3 aromatic rings. The van der Waals surface area contributed by atoms with Crippen molar-refractivity contribution < 1.29 is 28.5 Å². The number of hydrogen-bond donors (Lipinski definition) is 1. The molecule has 0 unspecified atom stereocenters. The molecule has 0 bridgehead atoms. The number of ether oxygens (including phenoxy) is 3. The van der Waals surface area contributed by atoms with E-state index in [9.17, 15) is 9.18 Å². The van der Waals surface area contributed by atoms with E-state index in [1.165, 1.54) is 6.07 Å². The summed E-state index contributed by atoms with van der Waals surface area (Å²) in [6, 6.07) is 10.4. The molecule has 212 valence electrons. The molecular formula is C30H33ClFN3O5. The maximum Gasteiger partial charge on any atom is 0.328 e. The van der Waals surface area contributed by atoms with Crippen molar-refractivity contribution in [1.82, 2.24) is 14.5 Å². The van der Waals surface area contributed by atoms with Crippen LogP contribution in [0.4, 0.5) is 4.39 Å². The van der Waals surface area contributed by atoms with Crippen molar-refractivity contribution in [3.8, 4) is 11.5 Å². The van der Waals surface area contributed by atoms with Crippen molar-refractivity contribution in [1.29, 1.82) is 0 Å². The highest BCUT2D eigenvalue weighted by Crippen LogP contribution is 2.49. The van der Waals surface area contributed by atoms with Gasteiger partial charge in [0.15, 0.2) is 11.5 Å². The van der Waals surface area contributed by atoms with E-state index in [4.69, 9.17) is 30.9 Å². The predicted octanol–water partition coefficient (Wildman–Crippen LogP) is 5.83. The zero-order valence-corrected chi connectivity index (χ0v) is 23.5. The standard InChI is InChI=1S/C30H33ClFN3O5/c1-19(38-3)17-35-22(8-10-28(36)37)16-33-27(35)18-34-13-11-20(12-14-34)23-5-4-6-26-29(23)40-30(2,39-26)24-9-7-21(31)15-25(24)32/h4-10,15-16,19-20H,11-14,17-18H2,1-3H3,(H,36,37)/b10-8+/t19-,30-/m0/s1. The van der Waals surface area contributed by atoms with Crippen molar-refractivity contribution in [3.63, 3.8) is 0 Å². The Balaban J connectivity index is 1.28. The van der Waals surface area contributed by atoms with Crippen molar-refractivity contribution >= 4 is 23.6 Å². The molecule has 1 saturated heterocycles. The lowest BCUT2D eigenvalue weighted by molar-refractivity contribution is -0.131. The monoisotopic (exact) mass is 569 g/mol. The average molecular weight is 570 g/mol. The largest absolute Gasteiger partial charge is 0.478 e. The number of aliphatic carboxylic acids is 1. The number of carboxylic acid groups (broad SMARTS) is 1. The second kappa shape index (κ2) is 11.6. The summed E-state index contributed by atoms with van der Waals surface area (Å²) in [6.45, 7) is 6.61. The number of carbonyl (C=O) groups is 1. The molecule has 0 saturated carbocycles. The quantitative estimate of drug-likeness (QED) is 0.324. The van der Waals surface area contributed by atoms with Gasteiger partial charge in [-0.1, -0.05) is 23.7 Å². The molecule has 1 fully saturated rings. The second-order valence-corrected chi connectivity index (χ2v) is 10.9. The Morgan fingerprint density at radius 2 is 2.08 bits per heavy atom. The van der Waals surface area contributed by atoms with Gasteiger partial charge in [0.2, 0.25) is 0 Å². The zero-order valence-electron chi connectivity index (χ0n) is 22.8. The Kier molecular flexibility index (Phi) is 8.16. The number of carboxylic acids is 1. The minimum absolute atomic E-state index is 0.0508. The number of piperidine rings is 1. The zero-order chi connectivity index (χ0) is 28.4. The maximum absolute atomic E-state index is 14.8. The summed E-state index contributed by atoms with van der Waals surface area (Å²) in [7, 11) is 1.66. The minimum atomic E-state index is -1.28. The molecule has 8 nitrogen and oxygen atoms in total. The fourth-order valence-electron chi connectivity index (χ4n) is 5.43. The number of rotatable bonds is 9. The lowest BCUT2D eigenvalue weighted by Gasteiger charge is -2.32. The fourth-order valence-corrected chi connectivity index (χ4v) is 5.59. The Morgan fingerprint density at radius 1 is 1.30 bits per heavy atom. The Labute approximate surface area is 237 Å². The van der Waals surface area contributed by atoms with E-state index < -0.39 is 17.6 Å². The first kappa shape index (κ1) is 28.1. The van der Waals surface area contributed by atoms with Crippen LogP contribution in [-0.2, 0) is 28.4 Å². The molecular weight excluding hydrogens is 537 g/mol. The van der Waals surface area contributed by atoms with E-state index in [0.29, 0.717) is 35.2 Å². The van der Waals surface area contributed by atoms with Crippen molar-refractivity contribution in [2.45, 2.75) is 57.6 Å². The first-order valence-corrected chi connectivity index (χ1v) is 13.7. The third-order valence-electron chi connectivity index (χ3n) is 7.63. The van der Waals surface area contributed by atoms with Crippen LogP contribution in [0.15, 0.2) is 48.7 Å². The number of halogens is 2. The number of benzene rings is 2. The van der Waals surface area contributed by atoms with Gasteiger partial charge in [-0.2, -0.15) is 0 Å². The summed E-state index contributed by atoms with van der Waals surface area (Å²) >= 11 is 5.95. The van der Waals surface area contributed by atoms with E-state index in [0.717, 1.165) is 49.1 Å². The van der Waals surface area contributed by atoms with Gasteiger partial charge < -0.3 is 23.9 Å². The number of hydrogen-bond acceptors (Lipinski definition) is 6. The smallest absolute Gasteiger partial charge is 0.328 e. The lowest BCUT2D eigenvalue weighted by atomic mass is 9.88. The van der Waals surface area contributed by atoms with Crippen molar-refractivity contribution in [3.05, 3.63) is 82.2 Å². The van der Waals surface area contributed by atoms with Gasteiger partial charge in [0.05, 0.1) is 36.6 Å². The lowest BCUT2D eigenvalue weighted by Crippen LogP contribution is -2.34. The summed E-state index contributed by atoms with van der Waals surface area (Å²) in [6.07, 6.45) is 6.16. The van der Waals surface area contributed by atoms with E-state index in [-0.39, 0.29) is 12.0 Å². The number of imidazole rings is 1. The molecule has 2 aliphatic rings. The molecule has 2 aliphatic heterocycles. The van der Waals surface area contributed by atoms with Crippen LogP contribution >= 0.6 is 11.6 Å². The van der Waals surface area contributed by atoms with Crippen molar-refractivity contribution in [2.24, 2.45) is 0 Å². The summed E-state index contributed by atoms with van der Waals surface area (Å²) in [5, 5.41) is 9.38. The number of fused-ring (bicyclic) bond motifs is 1. The van der Waals surface area contributed by atoms with Crippen LogP contribution in [0.1, 0.15) is 55.3 Å². The van der Waals surface area contributed by atoms with Gasteiger partial charge in [-0.15, -0.1) is 0 Å². The average Bonchev–Trinajstić information content (AvgIpc) is 3.47. The van der Waals surface area contributed by atoms with E-state index in [1.807, 2.05) is 23.6 Å². The molecule has 0 aliphatic carbocycles. The van der Waals surface area contributed by atoms with Crippen LogP contribution in [0, 0.1) is 5.82 Å². The predicted molar refractivity (Wildman–Crippen MR) is 149 cm³/mol. The third-order valence-corrected chi connectivity index (χ3v) is 7.87. The third kappa shape index (κ3) is 5.87. The fraction of sp³-hybridized carbons (Fsp3) is 0.400. The molecule has 1 aromatic heterocycles. The summed E-state index contributed by atoms with van der Waals surface area (Å²) in [5.41, 5.74) is 2.09. The number of likely N-dealkylation sites (tertiary alicyclic amines) is 1. The molecule has 5 rings (SSSR count). The second-order valence-electron chi connectivity index (χ2n) is 10.4. The van der Waals surface area contributed by atoms with Gasteiger partial charge in [0.25, 0.3) is 5.79 Å². The van der Waals surface area contributed by atoms with Gasteiger partial charge in [0, 0.05) is 30.7 Å². The van der Waals surface area contributed by atoms with Gasteiger partial charge in [-0.05, 0) is 69.1 Å². The van der Waals surface area contributed by atoms with Crippen LogP contribution in [0.5, 0.6) is 11.5 Å². The van der Waals surface area contributed by atoms with Gasteiger partial charge in [-0.25, -0.2) is 14.2 Å². The van der Waals surface area contributed by atoms with Crippen molar-refractivity contribution in [2.75, 3.05) is 20.2 Å². The number of para-hydroxylation sites is 1. The number of methoxy groups -OCH3 is 1. The van der Waals surface area contributed by atoms with Crippen LogP contribution < -0.4 is 9.47 Å². The molecule has 0 spiro atoms. The normalized spacial score (nSPS) is 20.3. The highest BCUT2D eigenvalue weighted by molar-refractivity contribution is 6.30. The van der Waals surface area contributed by atoms with Crippen LogP contribution in [0.2, 0.25) is 5.02 Å². The maximum atomic E-state index is 14.8. The van der Waals surface area contributed by atoms with Gasteiger partial charge >= 0.3 is 5.97 Å². The first-order valence-electron chi connectivity index (χ1n) is 13.3. The summed E-state index contributed by atoms with van der Waals surface area (Å²) in [5.74, 6) is -0.365. The van der Waals surface area contributed by atoms with Crippen LogP contribution in [0.25, 0.3) is 6.08 Å². The highest BCUT2D eigenvalue weighted by Gasteiger charge is 2.43. The Bertz CT molecular complexity index is 1420. The molecule has 40 heavy (non-hydrogen) atoms. The number of nitrogens with zero attached hydrogens (tertiary/aromatic N) is 3. The molecule has 2 atom stereocenters. The van der Waals surface area contributed by atoms with E-state index >= 15 is 0 Å². The highest BCUT2D eigenvalue weighted by atomic mass is 35.5. The molecule has 10 heteroatoms. The van der Waals surface area contributed by atoms with E-state index in [2.05, 4.69) is 16.0 Å². The molecule has 1 N–H and O–H groups in total. The summed E-state index contributed by atoms with van der Waals surface area (Å²) < 4.78 is 34.7. The molecule has 0 radical (unpaired) electrons. The topological polar surface area (TPSA) is 86.0 Å². The van der Waals surface area contributed by atoms with E-state index in [1.54, 1.807) is 38.4 Å². The minimum Gasteiger partial charge on any atom is -0.478 e. The van der Waals surface area contributed by atoms with Gasteiger partial charge in [-0.3, -0.25) is 4.90 Å². The molecule has 0 amide bonds. The molecule has 2 aromatic carbocycles. The number of aromatic nitrogens is 2. The van der Waals surface area contributed by atoms with Crippen LogP contribution in [-0.4, -0.2) is 51.8 Å². The van der Waals surface area contributed by atoms with Gasteiger partial charge in [0.1, 0.15) is 11.6 Å². The Morgan fingerprint density at radius 3 is 2.77 bits per heavy atom. The first-order chi connectivity index (χ1) is 19.2. The summed E-state index contributed by atoms with van der Waals surface area (Å²) in [4.78, 5) is 18.0. The van der Waals surface area contributed by atoms with Crippen LogP contribution in [0.3, 0.4) is 0 Å².